The molecule has 0 fully saturated rings. The molecule has 21 heavy (non-hydrogen) atoms. The lowest BCUT2D eigenvalue weighted by atomic mass is 10.0. The molecular formula is C14H13N5O2. The SMILES string of the molecule is CC1(C)Cc2cccc(Oc3nccn4nnnc34)c2O1. The van der Waals surface area contributed by atoms with Gasteiger partial charge in [0.1, 0.15) is 5.60 Å². The highest BCUT2D eigenvalue weighted by Crippen LogP contribution is 2.43. The van der Waals surface area contributed by atoms with Crippen LogP contribution >= 0.6 is 0 Å². The number of para-hydroxylation sites is 1. The molecule has 1 aromatic carbocycles. The number of hydrogen-bond acceptors (Lipinski definition) is 6. The molecule has 0 bridgehead atoms. The van der Waals surface area contributed by atoms with Gasteiger partial charge in [0.05, 0.1) is 6.20 Å². The second-order valence-corrected chi connectivity index (χ2v) is 5.56. The highest BCUT2D eigenvalue weighted by molar-refractivity contribution is 5.54. The van der Waals surface area contributed by atoms with Crippen LogP contribution in [0.4, 0.5) is 0 Å². The molecule has 7 nitrogen and oxygen atoms in total. The van der Waals surface area contributed by atoms with E-state index in [4.69, 9.17) is 9.47 Å². The molecule has 0 aliphatic carbocycles. The number of ether oxygens (including phenoxy) is 2. The Morgan fingerprint density at radius 3 is 3.14 bits per heavy atom. The van der Waals surface area contributed by atoms with E-state index in [0.717, 1.165) is 17.7 Å². The van der Waals surface area contributed by atoms with Crippen LogP contribution < -0.4 is 9.47 Å². The molecule has 0 saturated heterocycles. The Labute approximate surface area is 120 Å². The molecule has 7 heteroatoms. The van der Waals surface area contributed by atoms with Gasteiger partial charge >= 0.3 is 0 Å². The predicted octanol–water partition coefficient (Wildman–Crippen LogP) is 2.03. The van der Waals surface area contributed by atoms with Crippen LogP contribution in [-0.2, 0) is 6.42 Å². The van der Waals surface area contributed by atoms with E-state index < -0.39 is 0 Å². The Morgan fingerprint density at radius 2 is 2.24 bits per heavy atom. The summed E-state index contributed by atoms with van der Waals surface area (Å²) in [5, 5.41) is 11.3. The van der Waals surface area contributed by atoms with E-state index in [1.165, 1.54) is 4.52 Å². The van der Waals surface area contributed by atoms with E-state index in [-0.39, 0.29) is 5.60 Å². The summed E-state index contributed by atoms with van der Waals surface area (Å²) in [7, 11) is 0. The standard InChI is InChI=1S/C14H13N5O2/c1-14(2)8-9-4-3-5-10(11(9)21-14)20-13-12-16-17-18-19(12)7-6-15-13/h3-7H,8H2,1-2H3. The van der Waals surface area contributed by atoms with Crippen LogP contribution in [0.25, 0.3) is 5.65 Å². The number of benzene rings is 1. The Morgan fingerprint density at radius 1 is 1.33 bits per heavy atom. The van der Waals surface area contributed by atoms with Crippen molar-refractivity contribution >= 4 is 5.65 Å². The zero-order valence-corrected chi connectivity index (χ0v) is 11.6. The first-order valence-corrected chi connectivity index (χ1v) is 6.64. The smallest absolute Gasteiger partial charge is 0.267 e. The molecule has 0 saturated carbocycles. The normalized spacial score (nSPS) is 15.7. The van der Waals surface area contributed by atoms with Crippen molar-refractivity contribution in [2.45, 2.75) is 25.9 Å². The van der Waals surface area contributed by atoms with Crippen LogP contribution in [0.1, 0.15) is 19.4 Å². The van der Waals surface area contributed by atoms with Crippen LogP contribution in [0, 0.1) is 0 Å². The Kier molecular flexibility index (Phi) is 2.38. The average molecular weight is 283 g/mol. The van der Waals surface area contributed by atoms with Crippen molar-refractivity contribution < 1.29 is 9.47 Å². The molecule has 1 aliphatic rings. The van der Waals surface area contributed by atoms with Gasteiger partial charge < -0.3 is 9.47 Å². The summed E-state index contributed by atoms with van der Waals surface area (Å²) >= 11 is 0. The highest BCUT2D eigenvalue weighted by Gasteiger charge is 2.32. The lowest BCUT2D eigenvalue weighted by Gasteiger charge is -2.18. The van der Waals surface area contributed by atoms with Gasteiger partial charge in [0, 0.05) is 18.2 Å². The van der Waals surface area contributed by atoms with E-state index >= 15 is 0 Å². The van der Waals surface area contributed by atoms with Gasteiger partial charge in [-0.15, -0.1) is 5.10 Å². The zero-order valence-electron chi connectivity index (χ0n) is 11.6. The Hall–Kier alpha value is -2.70. The van der Waals surface area contributed by atoms with E-state index in [2.05, 4.69) is 34.4 Å². The fourth-order valence-electron chi connectivity index (χ4n) is 2.50. The first-order valence-electron chi connectivity index (χ1n) is 6.64. The number of hydrogen-bond donors (Lipinski definition) is 0. The first kappa shape index (κ1) is 12.1. The van der Waals surface area contributed by atoms with E-state index in [9.17, 15) is 0 Å². The molecule has 3 aromatic rings. The minimum Gasteiger partial charge on any atom is -0.483 e. The molecule has 0 spiro atoms. The van der Waals surface area contributed by atoms with Gasteiger partial charge in [0.2, 0.25) is 5.65 Å². The van der Waals surface area contributed by atoms with Gasteiger partial charge in [-0.05, 0) is 30.3 Å². The van der Waals surface area contributed by atoms with E-state index in [1.54, 1.807) is 12.4 Å². The third kappa shape index (κ3) is 1.97. The van der Waals surface area contributed by atoms with E-state index in [0.29, 0.717) is 17.3 Å². The summed E-state index contributed by atoms with van der Waals surface area (Å²) < 4.78 is 13.4. The fourth-order valence-corrected chi connectivity index (χ4v) is 2.50. The average Bonchev–Trinajstić information content (AvgIpc) is 3.02. The predicted molar refractivity (Wildman–Crippen MR) is 73.5 cm³/mol. The monoisotopic (exact) mass is 283 g/mol. The summed E-state index contributed by atoms with van der Waals surface area (Å²) in [6.45, 7) is 4.11. The van der Waals surface area contributed by atoms with Gasteiger partial charge in [0.25, 0.3) is 5.88 Å². The number of fused-ring (bicyclic) bond motifs is 2. The van der Waals surface area contributed by atoms with Gasteiger partial charge in [0.15, 0.2) is 11.5 Å². The van der Waals surface area contributed by atoms with Crippen molar-refractivity contribution in [1.82, 2.24) is 25.0 Å². The molecule has 106 valence electrons. The molecule has 1 aliphatic heterocycles. The molecule has 0 atom stereocenters. The second kappa shape index (κ2) is 4.15. The maximum Gasteiger partial charge on any atom is 0.267 e. The van der Waals surface area contributed by atoms with Crippen molar-refractivity contribution in [2.75, 3.05) is 0 Å². The summed E-state index contributed by atoms with van der Waals surface area (Å²) in [6, 6.07) is 5.85. The van der Waals surface area contributed by atoms with Crippen molar-refractivity contribution in [3.8, 4) is 17.4 Å². The van der Waals surface area contributed by atoms with Gasteiger partial charge in [-0.1, -0.05) is 12.1 Å². The number of nitrogens with zero attached hydrogens (tertiary/aromatic N) is 5. The second-order valence-electron chi connectivity index (χ2n) is 5.56. The highest BCUT2D eigenvalue weighted by atomic mass is 16.5. The topological polar surface area (TPSA) is 74.4 Å². The van der Waals surface area contributed by atoms with Crippen molar-refractivity contribution in [3.63, 3.8) is 0 Å². The summed E-state index contributed by atoms with van der Waals surface area (Å²) in [6.07, 6.45) is 4.10. The minimum absolute atomic E-state index is 0.225. The van der Waals surface area contributed by atoms with Crippen LogP contribution in [0.15, 0.2) is 30.6 Å². The Bertz CT molecular complexity index is 827. The number of aromatic nitrogens is 5. The van der Waals surface area contributed by atoms with Crippen LogP contribution in [-0.4, -0.2) is 30.6 Å². The molecule has 0 radical (unpaired) electrons. The molecule has 3 heterocycles. The zero-order chi connectivity index (χ0) is 14.4. The third-order valence-corrected chi connectivity index (χ3v) is 3.35. The third-order valence-electron chi connectivity index (χ3n) is 3.35. The minimum atomic E-state index is -0.225. The van der Waals surface area contributed by atoms with Gasteiger partial charge in [-0.3, -0.25) is 0 Å². The fraction of sp³-hybridized carbons (Fsp3) is 0.286. The lowest BCUT2D eigenvalue weighted by Crippen LogP contribution is -2.24. The quantitative estimate of drug-likeness (QED) is 0.716. The molecule has 0 amide bonds. The van der Waals surface area contributed by atoms with Crippen molar-refractivity contribution in [2.24, 2.45) is 0 Å². The summed E-state index contributed by atoms with van der Waals surface area (Å²) in [5.41, 5.74) is 1.37. The van der Waals surface area contributed by atoms with Crippen molar-refractivity contribution in [3.05, 3.63) is 36.2 Å². The van der Waals surface area contributed by atoms with Gasteiger partial charge in [-0.25, -0.2) is 4.98 Å². The maximum atomic E-state index is 5.98. The summed E-state index contributed by atoms with van der Waals surface area (Å²) in [5.74, 6) is 1.74. The summed E-state index contributed by atoms with van der Waals surface area (Å²) in [4.78, 5) is 4.20. The molecular weight excluding hydrogens is 270 g/mol. The largest absolute Gasteiger partial charge is 0.483 e. The number of rotatable bonds is 2. The van der Waals surface area contributed by atoms with Crippen LogP contribution in [0.3, 0.4) is 0 Å². The molecule has 0 unspecified atom stereocenters. The molecule has 4 rings (SSSR count). The van der Waals surface area contributed by atoms with Crippen LogP contribution in [0.2, 0.25) is 0 Å². The number of tetrazole rings is 1. The van der Waals surface area contributed by atoms with Gasteiger partial charge in [-0.2, -0.15) is 4.52 Å². The van der Waals surface area contributed by atoms with Crippen molar-refractivity contribution in [1.29, 1.82) is 0 Å². The van der Waals surface area contributed by atoms with E-state index in [1.807, 2.05) is 18.2 Å². The van der Waals surface area contributed by atoms with Crippen LogP contribution in [0.5, 0.6) is 17.4 Å². The molecule has 2 aromatic heterocycles. The molecule has 0 N–H and O–H groups in total. The first-order chi connectivity index (χ1) is 10.1. The maximum absolute atomic E-state index is 5.98. The Balaban J connectivity index is 1.77. The lowest BCUT2D eigenvalue weighted by molar-refractivity contribution is 0.135.